The van der Waals surface area contributed by atoms with Crippen LogP contribution in [0.3, 0.4) is 0 Å². The molecule has 300 valence electrons. The molecular weight excluding hydrogens is 741 g/mol. The molecule has 4 heterocycles. The van der Waals surface area contributed by atoms with Crippen molar-refractivity contribution in [1.82, 2.24) is 25.5 Å². The fraction of sp³-hybridized carbons (Fsp3) is 0.525. The van der Waals surface area contributed by atoms with Gasteiger partial charge in [0.15, 0.2) is 5.13 Å². The van der Waals surface area contributed by atoms with Crippen LogP contribution in [0.1, 0.15) is 79.6 Å². The molecular formula is C40H50N6O9S. The Morgan fingerprint density at radius 3 is 2.62 bits per heavy atom. The predicted octanol–water partition coefficient (Wildman–Crippen LogP) is 5.53. The number of pyridine rings is 1. The van der Waals surface area contributed by atoms with Crippen LogP contribution in [0.25, 0.3) is 22.3 Å². The number of hydrogen-bond donors (Lipinski definition) is 3. The third kappa shape index (κ3) is 9.40. The van der Waals surface area contributed by atoms with E-state index in [1.807, 2.05) is 18.2 Å². The number of rotatable bonds is 8. The lowest BCUT2D eigenvalue weighted by Gasteiger charge is -2.30. The molecule has 3 aromatic rings. The summed E-state index contributed by atoms with van der Waals surface area (Å²) in [5.74, 6) is -0.977. The summed E-state index contributed by atoms with van der Waals surface area (Å²) in [6.45, 7) is 8.51. The number of fused-ring (bicyclic) bond motifs is 3. The van der Waals surface area contributed by atoms with Crippen LogP contribution in [0.5, 0.6) is 11.5 Å². The van der Waals surface area contributed by atoms with Crippen LogP contribution < -0.4 is 25.4 Å². The van der Waals surface area contributed by atoms with Crippen molar-refractivity contribution in [2.45, 2.75) is 109 Å². The molecule has 1 aromatic carbocycles. The molecule has 2 aromatic heterocycles. The standard InChI is InChI=1S/C40H50N6O9S/c1-7-53-36(50)40-20-24(40)13-11-9-8-10-12-14-28(44-38(51)55-39(3,4)5)35(49)46-21-26(18-32(46)34(48)45-40)54-33-19-30(31-22-56-37(43-31)41-23(2)47)42-29-17-25(52-6)15-16-27(29)33/h11,13,15-17,19,22,24,26,28,32H,7-10,12,14,18,20-21H2,1-6H3,(H,44,51)(H,45,48)(H,41,43,47)/b13-11-/t24?,26-,28+,32+,40-/m1/s1. The Labute approximate surface area is 329 Å². The van der Waals surface area contributed by atoms with Gasteiger partial charge in [0.05, 0.1) is 31.5 Å². The van der Waals surface area contributed by atoms with E-state index >= 15 is 0 Å². The minimum Gasteiger partial charge on any atom is -0.497 e. The Balaban J connectivity index is 1.35. The van der Waals surface area contributed by atoms with Crippen molar-refractivity contribution < 1.29 is 42.9 Å². The maximum absolute atomic E-state index is 14.6. The Morgan fingerprint density at radius 2 is 1.89 bits per heavy atom. The number of methoxy groups -OCH3 is 1. The second-order valence-corrected chi connectivity index (χ2v) is 16.2. The molecule has 1 saturated heterocycles. The van der Waals surface area contributed by atoms with Crippen LogP contribution in [-0.2, 0) is 28.7 Å². The van der Waals surface area contributed by atoms with Gasteiger partial charge in [0.25, 0.3) is 0 Å². The molecule has 4 amide bonds. The molecule has 3 N–H and O–H groups in total. The van der Waals surface area contributed by atoms with Gasteiger partial charge in [-0.15, -0.1) is 11.3 Å². The molecule has 0 bridgehead atoms. The van der Waals surface area contributed by atoms with E-state index in [1.54, 1.807) is 58.4 Å². The van der Waals surface area contributed by atoms with Crippen LogP contribution in [0, 0.1) is 5.92 Å². The van der Waals surface area contributed by atoms with E-state index < -0.39 is 53.2 Å². The molecule has 16 heteroatoms. The van der Waals surface area contributed by atoms with Gasteiger partial charge in [0, 0.05) is 42.2 Å². The zero-order valence-electron chi connectivity index (χ0n) is 32.6. The van der Waals surface area contributed by atoms with Crippen LogP contribution >= 0.6 is 11.3 Å². The number of nitrogens with one attached hydrogen (secondary N) is 3. The van der Waals surface area contributed by atoms with Crippen molar-refractivity contribution in [1.29, 1.82) is 0 Å². The summed E-state index contributed by atoms with van der Waals surface area (Å²) in [5, 5.41) is 11.3. The topological polar surface area (TPSA) is 187 Å². The summed E-state index contributed by atoms with van der Waals surface area (Å²) in [5.41, 5.74) is -0.504. The highest BCUT2D eigenvalue weighted by Crippen LogP contribution is 2.46. The first-order valence-electron chi connectivity index (χ1n) is 19.0. The summed E-state index contributed by atoms with van der Waals surface area (Å²) < 4.78 is 23.1. The van der Waals surface area contributed by atoms with Crippen LogP contribution in [0.15, 0.2) is 41.8 Å². The van der Waals surface area contributed by atoms with Crippen molar-refractivity contribution in [3.63, 3.8) is 0 Å². The van der Waals surface area contributed by atoms with E-state index in [-0.39, 0.29) is 31.4 Å². The normalized spacial score (nSPS) is 24.7. The van der Waals surface area contributed by atoms with E-state index in [2.05, 4.69) is 20.9 Å². The highest BCUT2D eigenvalue weighted by Gasteiger charge is 2.62. The first-order chi connectivity index (χ1) is 26.7. The van der Waals surface area contributed by atoms with Crippen molar-refractivity contribution in [3.8, 4) is 22.9 Å². The van der Waals surface area contributed by atoms with Crippen molar-refractivity contribution >= 4 is 57.2 Å². The highest BCUT2D eigenvalue weighted by atomic mass is 32.1. The third-order valence-electron chi connectivity index (χ3n) is 9.89. The van der Waals surface area contributed by atoms with Gasteiger partial charge in [0.2, 0.25) is 17.7 Å². The summed E-state index contributed by atoms with van der Waals surface area (Å²) in [7, 11) is 1.56. The molecule has 6 rings (SSSR count). The molecule has 0 spiro atoms. The Kier molecular flexibility index (Phi) is 12.2. The lowest BCUT2D eigenvalue weighted by atomic mass is 10.0. The number of anilines is 1. The predicted molar refractivity (Wildman–Crippen MR) is 209 cm³/mol. The monoisotopic (exact) mass is 790 g/mol. The van der Waals surface area contributed by atoms with Crippen LogP contribution in [0.4, 0.5) is 9.93 Å². The number of amides is 4. The number of carbonyl (C=O) groups is 5. The number of benzene rings is 1. The molecule has 15 nitrogen and oxygen atoms in total. The average molecular weight is 791 g/mol. The molecule has 1 aliphatic carbocycles. The molecule has 0 radical (unpaired) electrons. The third-order valence-corrected chi connectivity index (χ3v) is 10.7. The molecule has 5 atom stereocenters. The summed E-state index contributed by atoms with van der Waals surface area (Å²) in [4.78, 5) is 77.8. The van der Waals surface area contributed by atoms with Gasteiger partial charge < -0.3 is 39.8 Å². The van der Waals surface area contributed by atoms with Gasteiger partial charge in [-0.05, 0) is 65.5 Å². The fourth-order valence-electron chi connectivity index (χ4n) is 7.15. The molecule has 2 aliphatic heterocycles. The van der Waals surface area contributed by atoms with Gasteiger partial charge in [0.1, 0.15) is 46.5 Å². The largest absolute Gasteiger partial charge is 0.497 e. The first kappa shape index (κ1) is 40.4. The molecule has 1 unspecified atom stereocenters. The van der Waals surface area contributed by atoms with E-state index in [1.165, 1.54) is 23.2 Å². The van der Waals surface area contributed by atoms with Gasteiger partial charge in [-0.1, -0.05) is 25.0 Å². The second-order valence-electron chi connectivity index (χ2n) is 15.3. The minimum absolute atomic E-state index is 0.0117. The zero-order chi connectivity index (χ0) is 40.2. The Bertz CT molecular complexity index is 2010. The van der Waals surface area contributed by atoms with Gasteiger partial charge in [-0.25, -0.2) is 19.6 Å². The number of alkyl carbamates (subject to hydrolysis) is 1. The van der Waals surface area contributed by atoms with Gasteiger partial charge in [-0.2, -0.15) is 0 Å². The number of ether oxygens (including phenoxy) is 4. The maximum Gasteiger partial charge on any atom is 0.408 e. The van der Waals surface area contributed by atoms with E-state index in [9.17, 15) is 24.0 Å². The Morgan fingerprint density at radius 1 is 1.09 bits per heavy atom. The summed E-state index contributed by atoms with van der Waals surface area (Å²) in [6, 6.07) is 5.10. The quantitative estimate of drug-likeness (QED) is 0.193. The summed E-state index contributed by atoms with van der Waals surface area (Å²) in [6.07, 6.45) is 6.46. The van der Waals surface area contributed by atoms with Crippen molar-refractivity contribution in [2.24, 2.45) is 5.92 Å². The number of carbonyl (C=O) groups excluding carboxylic acids is 5. The first-order valence-corrected chi connectivity index (χ1v) is 19.9. The molecule has 56 heavy (non-hydrogen) atoms. The number of allylic oxidation sites excluding steroid dienone is 1. The van der Waals surface area contributed by atoms with Gasteiger partial charge >= 0.3 is 12.1 Å². The number of esters is 1. The number of nitrogens with zero attached hydrogens (tertiary/aromatic N) is 3. The molecule has 3 aliphatic rings. The second kappa shape index (κ2) is 16.9. The molecule has 1 saturated carbocycles. The van der Waals surface area contributed by atoms with E-state index in [4.69, 9.17) is 23.9 Å². The van der Waals surface area contributed by atoms with Crippen molar-refractivity contribution in [2.75, 3.05) is 25.6 Å². The van der Waals surface area contributed by atoms with E-state index in [0.29, 0.717) is 58.2 Å². The number of thiazole rings is 1. The number of hydrogen-bond acceptors (Lipinski definition) is 12. The minimum atomic E-state index is -1.25. The van der Waals surface area contributed by atoms with Crippen LogP contribution in [0.2, 0.25) is 0 Å². The Hall–Kier alpha value is -5.25. The lowest BCUT2D eigenvalue weighted by Crippen LogP contribution is -2.56. The zero-order valence-corrected chi connectivity index (χ0v) is 33.5. The highest BCUT2D eigenvalue weighted by molar-refractivity contribution is 7.14. The summed E-state index contributed by atoms with van der Waals surface area (Å²) >= 11 is 1.25. The lowest BCUT2D eigenvalue weighted by molar-refractivity contribution is -0.150. The smallest absolute Gasteiger partial charge is 0.408 e. The molecule has 2 fully saturated rings. The number of aromatic nitrogens is 2. The van der Waals surface area contributed by atoms with E-state index in [0.717, 1.165) is 19.3 Å². The van der Waals surface area contributed by atoms with Crippen molar-refractivity contribution in [3.05, 3.63) is 41.8 Å². The van der Waals surface area contributed by atoms with Gasteiger partial charge in [-0.3, -0.25) is 14.4 Å². The SMILES string of the molecule is CCOC(=O)[C@@]12CC1/C=C\CCCCC[C@H](NC(=O)OC(C)(C)C)C(=O)N1C[C@H](Oc3cc(-c4csc(NC(C)=O)n4)nc4cc(OC)ccc34)C[C@H]1C(=O)N2. The average Bonchev–Trinajstić information content (AvgIpc) is 3.40. The maximum atomic E-state index is 14.6. The van der Waals surface area contributed by atoms with Crippen LogP contribution in [-0.4, -0.2) is 94.2 Å². The fourth-order valence-corrected chi connectivity index (χ4v) is 7.90.